The van der Waals surface area contributed by atoms with Crippen LogP contribution < -0.4 is 5.32 Å². The third-order valence-electron chi connectivity index (χ3n) is 3.28. The van der Waals surface area contributed by atoms with Crippen LogP contribution in [0.3, 0.4) is 0 Å². The van der Waals surface area contributed by atoms with Gasteiger partial charge < -0.3 is 9.84 Å². The first-order chi connectivity index (χ1) is 9.47. The van der Waals surface area contributed by atoms with Crippen molar-refractivity contribution in [1.82, 2.24) is 15.1 Å². The molecule has 1 N–H and O–H groups in total. The molecule has 2 aromatic heterocycles. The molecule has 0 saturated heterocycles. The van der Waals surface area contributed by atoms with E-state index in [1.54, 1.807) is 6.20 Å². The maximum atomic E-state index is 5.19. The summed E-state index contributed by atoms with van der Waals surface area (Å²) in [6.07, 6.45) is 2.66. The Morgan fingerprint density at radius 3 is 2.60 bits per heavy atom. The van der Waals surface area contributed by atoms with Gasteiger partial charge in [-0.15, -0.1) is 0 Å². The van der Waals surface area contributed by atoms with Crippen molar-refractivity contribution < 1.29 is 4.52 Å². The SMILES string of the molecule is Cc1noc(C)c1C[C@H](C)Nc1ccnc(C(C)C)n1. The Bertz CT molecular complexity index is 558. The van der Waals surface area contributed by atoms with E-state index in [1.807, 2.05) is 19.9 Å². The fourth-order valence-electron chi connectivity index (χ4n) is 2.14. The summed E-state index contributed by atoms with van der Waals surface area (Å²) in [5, 5.41) is 7.39. The number of rotatable bonds is 5. The van der Waals surface area contributed by atoms with Crippen molar-refractivity contribution in [2.75, 3.05) is 5.32 Å². The first kappa shape index (κ1) is 14.5. The third kappa shape index (κ3) is 3.35. The van der Waals surface area contributed by atoms with Crippen LogP contribution in [0.1, 0.15) is 49.5 Å². The summed E-state index contributed by atoms with van der Waals surface area (Å²) in [6.45, 7) is 10.2. The normalized spacial score (nSPS) is 12.7. The molecule has 5 heteroatoms. The van der Waals surface area contributed by atoms with Gasteiger partial charge in [-0.05, 0) is 33.3 Å². The molecule has 0 unspecified atom stereocenters. The van der Waals surface area contributed by atoms with Gasteiger partial charge in [-0.2, -0.15) is 0 Å². The monoisotopic (exact) mass is 274 g/mol. The third-order valence-corrected chi connectivity index (χ3v) is 3.28. The van der Waals surface area contributed by atoms with Gasteiger partial charge in [0.25, 0.3) is 0 Å². The molecule has 1 atom stereocenters. The largest absolute Gasteiger partial charge is 0.367 e. The van der Waals surface area contributed by atoms with Crippen LogP contribution >= 0.6 is 0 Å². The average molecular weight is 274 g/mol. The van der Waals surface area contributed by atoms with E-state index in [0.717, 1.165) is 29.5 Å². The summed E-state index contributed by atoms with van der Waals surface area (Å²) >= 11 is 0. The topological polar surface area (TPSA) is 63.8 Å². The molecule has 0 spiro atoms. The zero-order valence-corrected chi connectivity index (χ0v) is 12.8. The Morgan fingerprint density at radius 2 is 2.00 bits per heavy atom. The minimum absolute atomic E-state index is 0.252. The molecule has 0 aromatic carbocycles. The second-order valence-electron chi connectivity index (χ2n) is 5.51. The predicted molar refractivity (Wildman–Crippen MR) is 78.9 cm³/mol. The van der Waals surface area contributed by atoms with E-state index >= 15 is 0 Å². The highest BCUT2D eigenvalue weighted by molar-refractivity contribution is 5.35. The maximum absolute atomic E-state index is 5.19. The lowest BCUT2D eigenvalue weighted by atomic mass is 10.1. The van der Waals surface area contributed by atoms with Gasteiger partial charge >= 0.3 is 0 Å². The first-order valence-corrected chi connectivity index (χ1v) is 6.98. The summed E-state index contributed by atoms with van der Waals surface area (Å²) in [4.78, 5) is 8.80. The van der Waals surface area contributed by atoms with E-state index in [9.17, 15) is 0 Å². The van der Waals surface area contributed by atoms with Crippen molar-refractivity contribution in [2.45, 2.75) is 53.0 Å². The molecule has 0 fully saturated rings. The summed E-state index contributed by atoms with van der Waals surface area (Å²) in [5.41, 5.74) is 2.13. The van der Waals surface area contributed by atoms with Gasteiger partial charge in [-0.3, -0.25) is 0 Å². The number of aryl methyl sites for hydroxylation is 2. The van der Waals surface area contributed by atoms with Crippen molar-refractivity contribution >= 4 is 5.82 Å². The molecule has 0 amide bonds. The number of nitrogens with one attached hydrogen (secondary N) is 1. The van der Waals surface area contributed by atoms with Crippen LogP contribution in [0.25, 0.3) is 0 Å². The summed E-state index contributed by atoms with van der Waals surface area (Å²) in [5.74, 6) is 2.94. The summed E-state index contributed by atoms with van der Waals surface area (Å²) in [7, 11) is 0. The molecule has 108 valence electrons. The van der Waals surface area contributed by atoms with Gasteiger partial charge in [0.2, 0.25) is 0 Å². The van der Waals surface area contributed by atoms with Crippen LogP contribution in [0.2, 0.25) is 0 Å². The molecular formula is C15H22N4O. The van der Waals surface area contributed by atoms with Crippen molar-refractivity contribution in [1.29, 1.82) is 0 Å². The molecule has 20 heavy (non-hydrogen) atoms. The Hall–Kier alpha value is -1.91. The summed E-state index contributed by atoms with van der Waals surface area (Å²) < 4.78 is 5.19. The molecule has 0 radical (unpaired) electrons. The highest BCUT2D eigenvalue weighted by Crippen LogP contribution is 2.17. The fourth-order valence-corrected chi connectivity index (χ4v) is 2.14. The van der Waals surface area contributed by atoms with Gasteiger partial charge in [0.15, 0.2) is 0 Å². The molecule has 5 nitrogen and oxygen atoms in total. The Labute approximate surface area is 119 Å². The number of aromatic nitrogens is 3. The van der Waals surface area contributed by atoms with Crippen molar-refractivity contribution in [3.63, 3.8) is 0 Å². The minimum Gasteiger partial charge on any atom is -0.367 e. The smallest absolute Gasteiger partial charge is 0.137 e. The zero-order chi connectivity index (χ0) is 14.7. The van der Waals surface area contributed by atoms with Crippen LogP contribution in [-0.4, -0.2) is 21.2 Å². The minimum atomic E-state index is 0.252. The number of hydrogen-bond acceptors (Lipinski definition) is 5. The number of hydrogen-bond donors (Lipinski definition) is 1. The molecule has 0 saturated carbocycles. The first-order valence-electron chi connectivity index (χ1n) is 6.98. The standard InChI is InChI=1S/C15H22N4O/c1-9(2)15-16-7-6-14(18-15)17-10(3)8-13-11(4)19-20-12(13)5/h6-7,9-10H,8H2,1-5H3,(H,16,17,18)/t10-/m0/s1. The van der Waals surface area contributed by atoms with E-state index in [-0.39, 0.29) is 6.04 Å². The molecule has 0 aliphatic carbocycles. The van der Waals surface area contributed by atoms with Crippen molar-refractivity contribution in [2.24, 2.45) is 0 Å². The van der Waals surface area contributed by atoms with Crippen LogP contribution in [0.4, 0.5) is 5.82 Å². The van der Waals surface area contributed by atoms with Crippen LogP contribution in [0.5, 0.6) is 0 Å². The summed E-state index contributed by atoms with van der Waals surface area (Å²) in [6, 6.07) is 2.15. The average Bonchev–Trinajstić information content (AvgIpc) is 2.71. The zero-order valence-electron chi connectivity index (χ0n) is 12.8. The maximum Gasteiger partial charge on any atom is 0.137 e. The Morgan fingerprint density at radius 1 is 1.25 bits per heavy atom. The van der Waals surface area contributed by atoms with Gasteiger partial charge in [0.05, 0.1) is 5.69 Å². The van der Waals surface area contributed by atoms with Crippen molar-refractivity contribution in [3.8, 4) is 0 Å². The van der Waals surface area contributed by atoms with E-state index < -0.39 is 0 Å². The predicted octanol–water partition coefficient (Wildman–Crippen LogP) is 3.25. The number of anilines is 1. The molecule has 2 aromatic rings. The quantitative estimate of drug-likeness (QED) is 0.906. The lowest BCUT2D eigenvalue weighted by Crippen LogP contribution is -2.20. The van der Waals surface area contributed by atoms with Crippen LogP contribution in [0.15, 0.2) is 16.8 Å². The molecule has 0 aliphatic heterocycles. The van der Waals surface area contributed by atoms with Crippen molar-refractivity contribution in [3.05, 3.63) is 35.1 Å². The van der Waals surface area contributed by atoms with Crippen LogP contribution in [-0.2, 0) is 6.42 Å². The van der Waals surface area contributed by atoms with E-state index in [2.05, 4.69) is 41.2 Å². The molecule has 0 aliphatic rings. The second kappa shape index (κ2) is 6.03. The molecule has 2 rings (SSSR count). The lowest BCUT2D eigenvalue weighted by Gasteiger charge is -2.15. The lowest BCUT2D eigenvalue weighted by molar-refractivity contribution is 0.392. The number of nitrogens with zero attached hydrogens (tertiary/aromatic N) is 3. The van der Waals surface area contributed by atoms with Crippen LogP contribution in [0, 0.1) is 13.8 Å². The molecular weight excluding hydrogens is 252 g/mol. The highest BCUT2D eigenvalue weighted by Gasteiger charge is 2.13. The Kier molecular flexibility index (Phi) is 4.37. The van der Waals surface area contributed by atoms with E-state index in [1.165, 1.54) is 5.56 Å². The van der Waals surface area contributed by atoms with Gasteiger partial charge in [-0.1, -0.05) is 19.0 Å². The second-order valence-corrected chi connectivity index (χ2v) is 5.51. The van der Waals surface area contributed by atoms with E-state index in [4.69, 9.17) is 4.52 Å². The fraction of sp³-hybridized carbons (Fsp3) is 0.533. The van der Waals surface area contributed by atoms with E-state index in [0.29, 0.717) is 5.92 Å². The molecule has 0 bridgehead atoms. The highest BCUT2D eigenvalue weighted by atomic mass is 16.5. The molecule has 2 heterocycles. The van der Waals surface area contributed by atoms with Gasteiger partial charge in [-0.25, -0.2) is 9.97 Å². The Balaban J connectivity index is 2.05. The van der Waals surface area contributed by atoms with Gasteiger partial charge in [0.1, 0.15) is 17.4 Å². The van der Waals surface area contributed by atoms with Gasteiger partial charge in [0, 0.05) is 23.7 Å².